The molecule has 1 heterocycles. The van der Waals surface area contributed by atoms with E-state index in [0.29, 0.717) is 11.5 Å². The predicted octanol–water partition coefficient (Wildman–Crippen LogP) is 2.64. The monoisotopic (exact) mass is 352 g/mol. The first-order valence-electron chi connectivity index (χ1n) is 7.24. The van der Waals surface area contributed by atoms with E-state index >= 15 is 0 Å². The second-order valence-corrected chi connectivity index (χ2v) is 5.49. The van der Waals surface area contributed by atoms with Crippen molar-refractivity contribution in [3.63, 3.8) is 0 Å². The summed E-state index contributed by atoms with van der Waals surface area (Å²) in [6.45, 7) is 7.95. The summed E-state index contributed by atoms with van der Waals surface area (Å²) in [5, 5.41) is 32.7. The van der Waals surface area contributed by atoms with Gasteiger partial charge in [0, 0.05) is 37.8 Å². The van der Waals surface area contributed by atoms with Crippen LogP contribution in [-0.4, -0.2) is 46.4 Å². The lowest BCUT2D eigenvalue weighted by atomic mass is 9.89. The van der Waals surface area contributed by atoms with Crippen molar-refractivity contribution in [2.24, 2.45) is 5.92 Å². The largest absolute Gasteiger partial charge is 0.504 e. The average Bonchev–Trinajstić information content (AvgIpc) is 2.48. The van der Waals surface area contributed by atoms with Crippen LogP contribution in [0.15, 0.2) is 12.1 Å². The van der Waals surface area contributed by atoms with E-state index < -0.39 is 5.75 Å². The van der Waals surface area contributed by atoms with Crippen LogP contribution in [0.4, 0.5) is 0 Å². The molecule has 1 saturated heterocycles. The maximum absolute atomic E-state index is 10.2. The molecule has 2 rings (SSSR count). The fraction of sp³-hybridized carbons (Fsp3) is 0.600. The minimum absolute atomic E-state index is 0. The molecule has 0 spiro atoms. The van der Waals surface area contributed by atoms with Crippen molar-refractivity contribution >= 4 is 24.8 Å². The van der Waals surface area contributed by atoms with E-state index in [0.717, 1.165) is 32.6 Å². The fourth-order valence-corrected chi connectivity index (χ4v) is 2.87. The van der Waals surface area contributed by atoms with E-state index in [4.69, 9.17) is 0 Å². The SMILES string of the molecule is CCC(C)[C@H](c1ccc(O)c(O)c1O)N1CCNCC1.Cl.Cl. The predicted molar refractivity (Wildman–Crippen MR) is 92.6 cm³/mol. The van der Waals surface area contributed by atoms with Crippen LogP contribution in [0.2, 0.25) is 0 Å². The minimum atomic E-state index is -0.425. The number of rotatable bonds is 4. The van der Waals surface area contributed by atoms with Gasteiger partial charge in [0.15, 0.2) is 11.5 Å². The number of aromatic hydroxyl groups is 3. The number of hydrogen-bond donors (Lipinski definition) is 4. The second kappa shape index (κ2) is 9.30. The Hall–Kier alpha value is -0.880. The summed E-state index contributed by atoms with van der Waals surface area (Å²) in [6.07, 6.45) is 0.982. The van der Waals surface area contributed by atoms with Gasteiger partial charge in [0.1, 0.15) is 0 Å². The molecule has 0 amide bonds. The molecule has 1 unspecified atom stereocenters. The van der Waals surface area contributed by atoms with Gasteiger partial charge in [-0.15, -0.1) is 24.8 Å². The van der Waals surface area contributed by atoms with Crippen LogP contribution in [-0.2, 0) is 0 Å². The summed E-state index contributed by atoms with van der Waals surface area (Å²) < 4.78 is 0. The average molecular weight is 353 g/mol. The summed E-state index contributed by atoms with van der Waals surface area (Å²) in [7, 11) is 0. The summed E-state index contributed by atoms with van der Waals surface area (Å²) in [6, 6.07) is 3.21. The standard InChI is InChI=1S/C15H24N2O3.2ClH/c1-3-10(2)13(17-8-6-16-7-9-17)11-4-5-12(18)15(20)14(11)19;;/h4-5,10,13,16,18-20H,3,6-9H2,1-2H3;2*1H/t10?,13-;;/m1../s1. The smallest absolute Gasteiger partial charge is 0.200 e. The number of hydrogen-bond acceptors (Lipinski definition) is 5. The Kier molecular flexibility index (Phi) is 8.93. The molecule has 128 valence electrons. The van der Waals surface area contributed by atoms with E-state index in [-0.39, 0.29) is 42.4 Å². The molecule has 0 radical (unpaired) electrons. The number of phenolic OH excluding ortho intramolecular Hbond substituents is 3. The molecule has 22 heavy (non-hydrogen) atoms. The molecule has 0 aromatic heterocycles. The first kappa shape index (κ1) is 21.1. The molecular weight excluding hydrogens is 327 g/mol. The molecule has 0 saturated carbocycles. The molecule has 0 aliphatic carbocycles. The van der Waals surface area contributed by atoms with Gasteiger partial charge in [0.2, 0.25) is 5.75 Å². The van der Waals surface area contributed by atoms with Gasteiger partial charge < -0.3 is 20.6 Å². The third-order valence-electron chi connectivity index (χ3n) is 4.21. The van der Waals surface area contributed by atoms with Crippen molar-refractivity contribution in [2.75, 3.05) is 26.2 Å². The van der Waals surface area contributed by atoms with Crippen molar-refractivity contribution in [1.82, 2.24) is 10.2 Å². The van der Waals surface area contributed by atoms with Gasteiger partial charge in [-0.1, -0.05) is 20.3 Å². The van der Waals surface area contributed by atoms with E-state index in [1.807, 2.05) is 0 Å². The van der Waals surface area contributed by atoms with Crippen LogP contribution in [0, 0.1) is 5.92 Å². The summed E-state index contributed by atoms with van der Waals surface area (Å²) in [5.41, 5.74) is 0.691. The maximum Gasteiger partial charge on any atom is 0.200 e. The van der Waals surface area contributed by atoms with Gasteiger partial charge in [-0.2, -0.15) is 0 Å². The van der Waals surface area contributed by atoms with E-state index in [2.05, 4.69) is 24.1 Å². The Labute approximate surface area is 144 Å². The molecule has 0 bridgehead atoms. The van der Waals surface area contributed by atoms with Crippen molar-refractivity contribution in [2.45, 2.75) is 26.3 Å². The number of halogens is 2. The first-order chi connectivity index (χ1) is 9.56. The van der Waals surface area contributed by atoms with Crippen LogP contribution in [0.25, 0.3) is 0 Å². The normalized spacial score (nSPS) is 17.9. The molecule has 7 heteroatoms. The van der Waals surface area contributed by atoms with Gasteiger partial charge in [-0.3, -0.25) is 4.90 Å². The van der Waals surface area contributed by atoms with Crippen molar-refractivity contribution in [1.29, 1.82) is 0 Å². The number of benzene rings is 1. The number of nitrogens with zero attached hydrogens (tertiary/aromatic N) is 1. The Morgan fingerprint density at radius 2 is 1.68 bits per heavy atom. The molecule has 5 nitrogen and oxygen atoms in total. The Morgan fingerprint density at radius 3 is 2.23 bits per heavy atom. The number of phenols is 3. The number of piperazine rings is 1. The van der Waals surface area contributed by atoms with Gasteiger partial charge in [-0.05, 0) is 18.1 Å². The maximum atomic E-state index is 10.2. The summed E-state index contributed by atoms with van der Waals surface area (Å²) in [4.78, 5) is 2.33. The van der Waals surface area contributed by atoms with E-state index in [1.54, 1.807) is 6.07 Å². The van der Waals surface area contributed by atoms with Gasteiger partial charge in [0.25, 0.3) is 0 Å². The molecule has 1 aliphatic rings. The zero-order valence-corrected chi connectivity index (χ0v) is 14.6. The molecule has 1 fully saturated rings. The molecule has 4 N–H and O–H groups in total. The quantitative estimate of drug-likeness (QED) is 0.626. The lowest BCUT2D eigenvalue weighted by Gasteiger charge is -2.38. The third-order valence-corrected chi connectivity index (χ3v) is 4.21. The fourth-order valence-electron chi connectivity index (χ4n) is 2.87. The highest BCUT2D eigenvalue weighted by Crippen LogP contribution is 2.43. The van der Waals surface area contributed by atoms with Gasteiger partial charge >= 0.3 is 0 Å². The summed E-state index contributed by atoms with van der Waals surface area (Å²) >= 11 is 0. The first-order valence-corrected chi connectivity index (χ1v) is 7.24. The summed E-state index contributed by atoms with van der Waals surface area (Å²) in [5.74, 6) is -0.558. The number of nitrogens with one attached hydrogen (secondary N) is 1. The van der Waals surface area contributed by atoms with Gasteiger partial charge in [0.05, 0.1) is 0 Å². The highest BCUT2D eigenvalue weighted by molar-refractivity contribution is 5.85. The molecule has 2 atom stereocenters. The van der Waals surface area contributed by atoms with Crippen LogP contribution < -0.4 is 5.32 Å². The molecule has 1 aromatic carbocycles. The van der Waals surface area contributed by atoms with Crippen molar-refractivity contribution in [3.05, 3.63) is 17.7 Å². The van der Waals surface area contributed by atoms with Crippen LogP contribution in [0.3, 0.4) is 0 Å². The lowest BCUT2D eigenvalue weighted by Crippen LogP contribution is -2.46. The van der Waals surface area contributed by atoms with Crippen molar-refractivity contribution in [3.8, 4) is 17.2 Å². The van der Waals surface area contributed by atoms with E-state index in [1.165, 1.54) is 6.07 Å². The Morgan fingerprint density at radius 1 is 1.09 bits per heavy atom. The Bertz CT molecular complexity index is 468. The minimum Gasteiger partial charge on any atom is -0.504 e. The van der Waals surface area contributed by atoms with Crippen LogP contribution in [0.1, 0.15) is 31.9 Å². The van der Waals surface area contributed by atoms with Crippen LogP contribution in [0.5, 0.6) is 17.2 Å². The highest BCUT2D eigenvalue weighted by Gasteiger charge is 2.29. The van der Waals surface area contributed by atoms with Gasteiger partial charge in [-0.25, -0.2) is 0 Å². The second-order valence-electron chi connectivity index (χ2n) is 5.49. The lowest BCUT2D eigenvalue weighted by molar-refractivity contribution is 0.125. The van der Waals surface area contributed by atoms with Crippen molar-refractivity contribution < 1.29 is 15.3 Å². The van der Waals surface area contributed by atoms with Crippen LogP contribution >= 0.6 is 24.8 Å². The topological polar surface area (TPSA) is 76.0 Å². The highest BCUT2D eigenvalue weighted by atomic mass is 35.5. The zero-order chi connectivity index (χ0) is 14.7. The third kappa shape index (κ3) is 4.32. The molecular formula is C15H26Cl2N2O3. The van der Waals surface area contributed by atoms with E-state index in [9.17, 15) is 15.3 Å². The zero-order valence-electron chi connectivity index (χ0n) is 13.0. The molecule has 1 aliphatic heterocycles. The molecule has 1 aromatic rings. The Balaban J connectivity index is 0.00000220.